The first-order valence-electron chi connectivity index (χ1n) is 15.3. The van der Waals surface area contributed by atoms with Crippen molar-refractivity contribution in [3.05, 3.63) is 72.3 Å². The minimum Gasteiger partial charge on any atom is -0.493 e. The van der Waals surface area contributed by atoms with Gasteiger partial charge in [0, 0.05) is 47.6 Å². The van der Waals surface area contributed by atoms with E-state index in [2.05, 4.69) is 27.9 Å². The molecule has 3 aromatic rings. The Bertz CT molecular complexity index is 1350. The van der Waals surface area contributed by atoms with Crippen LogP contribution in [0, 0.1) is 0 Å². The van der Waals surface area contributed by atoms with Crippen LogP contribution < -0.4 is 30.2 Å². The second-order valence-electron chi connectivity index (χ2n) is 11.4. The molecule has 2 aliphatic heterocycles. The van der Waals surface area contributed by atoms with Gasteiger partial charge in [0.05, 0.1) is 7.11 Å². The number of likely N-dealkylation sites (N-methyl/N-ethyl adjacent to an activating group) is 1. The second kappa shape index (κ2) is 14.0. The summed E-state index contributed by atoms with van der Waals surface area (Å²) in [4.78, 5) is 14.8. The highest BCUT2D eigenvalue weighted by Gasteiger charge is 2.42. The number of urea groups is 1. The Morgan fingerprint density at radius 1 is 0.953 bits per heavy atom. The van der Waals surface area contributed by atoms with Crippen LogP contribution in [0.2, 0.25) is 0 Å². The number of carbonyl (C=O) groups excluding carboxylic acids is 1. The van der Waals surface area contributed by atoms with Gasteiger partial charge >= 0.3 is 6.03 Å². The van der Waals surface area contributed by atoms with Crippen LogP contribution in [0.4, 0.5) is 16.2 Å². The van der Waals surface area contributed by atoms with Gasteiger partial charge in [-0.2, -0.15) is 0 Å². The van der Waals surface area contributed by atoms with Crippen molar-refractivity contribution in [1.82, 2.24) is 10.2 Å². The third kappa shape index (κ3) is 7.53. The quantitative estimate of drug-likeness (QED) is 0.171. The van der Waals surface area contributed by atoms with Crippen molar-refractivity contribution < 1.29 is 24.1 Å². The van der Waals surface area contributed by atoms with E-state index in [9.17, 15) is 9.90 Å². The molecule has 9 heteroatoms. The van der Waals surface area contributed by atoms with E-state index in [0.717, 1.165) is 36.3 Å². The summed E-state index contributed by atoms with van der Waals surface area (Å²) >= 11 is 0. The van der Waals surface area contributed by atoms with Gasteiger partial charge in [0.2, 0.25) is 0 Å². The standard InChI is InChI=1S/C34H44N4O5/c1-5-23(6-2)36-34(40)37-25-14-19-30(32(20-25)41-4)42-28-17-12-24(13-18-28)35-33(39)22-10-15-27(16-11-22)43-31-21-26-8-7-9-29(31)38(26)3/h10-20,23,26,29,31,33,35,39H,5-9,21H2,1-4H3,(H2,36,37,40). The molecule has 4 atom stereocenters. The zero-order valence-electron chi connectivity index (χ0n) is 25.5. The molecule has 0 aromatic heterocycles. The maximum Gasteiger partial charge on any atom is 0.319 e. The fourth-order valence-corrected chi connectivity index (χ4v) is 6.09. The van der Waals surface area contributed by atoms with E-state index < -0.39 is 6.23 Å². The molecule has 0 aliphatic carbocycles. The van der Waals surface area contributed by atoms with E-state index in [0.29, 0.717) is 35.0 Å². The maximum atomic E-state index is 12.3. The Morgan fingerprint density at radius 3 is 2.33 bits per heavy atom. The SMILES string of the molecule is CCC(CC)NC(=O)Nc1ccc(Oc2ccc(NC(O)c3ccc(OC4CC5CCCC4N5C)cc3)cc2)c(OC)c1. The number of anilines is 2. The molecule has 4 N–H and O–H groups in total. The number of benzene rings is 3. The van der Waals surface area contributed by atoms with E-state index in [4.69, 9.17) is 14.2 Å². The monoisotopic (exact) mass is 588 g/mol. The van der Waals surface area contributed by atoms with Crippen molar-refractivity contribution in [2.75, 3.05) is 24.8 Å². The van der Waals surface area contributed by atoms with Crippen LogP contribution in [-0.4, -0.2) is 54.4 Å². The molecule has 2 aliphatic rings. The van der Waals surface area contributed by atoms with Crippen molar-refractivity contribution in [2.45, 2.75) is 82.8 Å². The zero-order chi connectivity index (χ0) is 30.3. The Kier molecular flexibility index (Phi) is 9.94. The van der Waals surface area contributed by atoms with Gasteiger partial charge in [0.25, 0.3) is 0 Å². The molecule has 0 saturated carbocycles. The number of methoxy groups -OCH3 is 1. The summed E-state index contributed by atoms with van der Waals surface area (Å²) in [6, 6.07) is 21.2. The number of aliphatic hydroxyl groups excluding tert-OH is 1. The molecule has 4 unspecified atom stereocenters. The van der Waals surface area contributed by atoms with Crippen LogP contribution in [0.25, 0.3) is 0 Å². The number of nitrogens with zero attached hydrogens (tertiary/aromatic N) is 1. The fourth-order valence-electron chi connectivity index (χ4n) is 6.09. The molecule has 2 saturated heterocycles. The van der Waals surface area contributed by atoms with Gasteiger partial charge in [0.1, 0.15) is 17.6 Å². The predicted molar refractivity (Wildman–Crippen MR) is 169 cm³/mol. The molecule has 2 fully saturated rings. The third-order valence-corrected chi connectivity index (χ3v) is 8.68. The number of hydrogen-bond donors (Lipinski definition) is 4. The summed E-state index contributed by atoms with van der Waals surface area (Å²) in [6.45, 7) is 4.09. The second-order valence-corrected chi connectivity index (χ2v) is 11.4. The summed E-state index contributed by atoms with van der Waals surface area (Å²) < 4.78 is 17.9. The molecule has 2 bridgehead atoms. The molecule has 2 amide bonds. The first-order valence-corrected chi connectivity index (χ1v) is 15.3. The lowest BCUT2D eigenvalue weighted by atomic mass is 10.0. The zero-order valence-corrected chi connectivity index (χ0v) is 25.5. The van der Waals surface area contributed by atoms with Gasteiger partial charge in [-0.05, 0) is 81.3 Å². The first kappa shape index (κ1) is 30.5. The number of carbonyl (C=O) groups is 1. The largest absolute Gasteiger partial charge is 0.493 e. The molecule has 0 spiro atoms. The minimum atomic E-state index is -0.875. The number of aliphatic hydroxyl groups is 1. The smallest absolute Gasteiger partial charge is 0.319 e. The van der Waals surface area contributed by atoms with Gasteiger partial charge in [-0.3, -0.25) is 4.90 Å². The highest BCUT2D eigenvalue weighted by molar-refractivity contribution is 5.89. The van der Waals surface area contributed by atoms with Crippen molar-refractivity contribution in [2.24, 2.45) is 0 Å². The topological polar surface area (TPSA) is 104 Å². The Morgan fingerprint density at radius 2 is 1.65 bits per heavy atom. The summed E-state index contributed by atoms with van der Waals surface area (Å²) in [6.07, 6.45) is 5.91. The lowest BCUT2D eigenvalue weighted by Gasteiger charge is -2.31. The van der Waals surface area contributed by atoms with Crippen molar-refractivity contribution in [1.29, 1.82) is 0 Å². The van der Waals surface area contributed by atoms with Gasteiger partial charge < -0.3 is 35.3 Å². The van der Waals surface area contributed by atoms with Crippen LogP contribution in [0.3, 0.4) is 0 Å². The number of ether oxygens (including phenoxy) is 3. The van der Waals surface area contributed by atoms with E-state index in [1.165, 1.54) is 19.3 Å². The summed E-state index contributed by atoms with van der Waals surface area (Å²) in [5, 5.41) is 19.7. The summed E-state index contributed by atoms with van der Waals surface area (Å²) in [5.41, 5.74) is 2.10. The van der Waals surface area contributed by atoms with E-state index in [-0.39, 0.29) is 18.2 Å². The van der Waals surface area contributed by atoms with Crippen LogP contribution in [0.1, 0.15) is 64.2 Å². The highest BCUT2D eigenvalue weighted by Crippen LogP contribution is 2.37. The van der Waals surface area contributed by atoms with E-state index in [1.54, 1.807) is 25.3 Å². The Hall–Kier alpha value is -3.95. The molecule has 2 heterocycles. The lowest BCUT2D eigenvalue weighted by Crippen LogP contribution is -2.40. The van der Waals surface area contributed by atoms with Crippen LogP contribution in [0.5, 0.6) is 23.0 Å². The third-order valence-electron chi connectivity index (χ3n) is 8.68. The number of fused-ring (bicyclic) bond motifs is 2. The summed E-state index contributed by atoms with van der Waals surface area (Å²) in [7, 11) is 3.77. The van der Waals surface area contributed by atoms with Crippen LogP contribution >= 0.6 is 0 Å². The van der Waals surface area contributed by atoms with Crippen molar-refractivity contribution >= 4 is 17.4 Å². The lowest BCUT2D eigenvalue weighted by molar-refractivity contribution is 0.118. The first-order chi connectivity index (χ1) is 20.9. The van der Waals surface area contributed by atoms with E-state index in [1.807, 2.05) is 62.4 Å². The van der Waals surface area contributed by atoms with Gasteiger partial charge in [0.15, 0.2) is 17.7 Å². The number of nitrogens with one attached hydrogen (secondary N) is 3. The summed E-state index contributed by atoms with van der Waals surface area (Å²) in [5.74, 6) is 2.46. The molecule has 9 nitrogen and oxygen atoms in total. The molecule has 0 radical (unpaired) electrons. The minimum absolute atomic E-state index is 0.131. The molecule has 43 heavy (non-hydrogen) atoms. The molecular formula is C34H44N4O5. The van der Waals surface area contributed by atoms with Crippen molar-refractivity contribution in [3.8, 4) is 23.0 Å². The Labute approximate surface area is 254 Å². The number of amides is 2. The number of rotatable bonds is 12. The average molecular weight is 589 g/mol. The van der Waals surface area contributed by atoms with Gasteiger partial charge in [-0.15, -0.1) is 0 Å². The predicted octanol–water partition coefficient (Wildman–Crippen LogP) is 6.90. The van der Waals surface area contributed by atoms with Crippen LogP contribution in [-0.2, 0) is 0 Å². The molecule has 3 aromatic carbocycles. The maximum absolute atomic E-state index is 12.3. The molecule has 230 valence electrons. The van der Waals surface area contributed by atoms with Crippen molar-refractivity contribution in [3.63, 3.8) is 0 Å². The van der Waals surface area contributed by atoms with Gasteiger partial charge in [-0.25, -0.2) is 4.79 Å². The normalized spacial score (nSPS) is 20.4. The average Bonchev–Trinajstić information content (AvgIpc) is 3.16. The molecule has 5 rings (SSSR count). The molecular weight excluding hydrogens is 544 g/mol. The van der Waals surface area contributed by atoms with Crippen LogP contribution in [0.15, 0.2) is 66.7 Å². The fraction of sp³-hybridized carbons (Fsp3) is 0.441. The number of hydrogen-bond acceptors (Lipinski definition) is 7. The van der Waals surface area contributed by atoms with Gasteiger partial charge in [-0.1, -0.05) is 32.4 Å². The highest BCUT2D eigenvalue weighted by atomic mass is 16.5. The number of piperidine rings is 1. The Balaban J connectivity index is 1.14. The van der Waals surface area contributed by atoms with E-state index >= 15 is 0 Å².